The van der Waals surface area contributed by atoms with Gasteiger partial charge < -0.3 is 0 Å². The summed E-state index contributed by atoms with van der Waals surface area (Å²) in [6.45, 7) is 7.16. The highest BCUT2D eigenvalue weighted by Crippen LogP contribution is 2.22. The van der Waals surface area contributed by atoms with Crippen LogP contribution in [0.5, 0.6) is 0 Å². The van der Waals surface area contributed by atoms with E-state index >= 15 is 0 Å². The summed E-state index contributed by atoms with van der Waals surface area (Å²) < 4.78 is 0. The predicted molar refractivity (Wildman–Crippen MR) is 81.8 cm³/mol. The van der Waals surface area contributed by atoms with E-state index in [1.54, 1.807) is 6.07 Å². The van der Waals surface area contributed by atoms with Crippen molar-refractivity contribution in [2.75, 3.05) is 13.1 Å². The molecule has 1 saturated heterocycles. The lowest BCUT2D eigenvalue weighted by Crippen LogP contribution is -2.38. The molecule has 2 heterocycles. The van der Waals surface area contributed by atoms with E-state index < -0.39 is 24.4 Å². The first-order valence-corrected chi connectivity index (χ1v) is 7.81. The Morgan fingerprint density at radius 2 is 1.73 bits per heavy atom. The van der Waals surface area contributed by atoms with E-state index in [1.807, 2.05) is 27.7 Å². The number of thiophene rings is 1. The van der Waals surface area contributed by atoms with Gasteiger partial charge >= 0.3 is 17.8 Å². The van der Waals surface area contributed by atoms with Crippen molar-refractivity contribution in [3.05, 3.63) is 21.4 Å². The lowest BCUT2D eigenvalue weighted by molar-refractivity contribution is -0.143. The van der Waals surface area contributed by atoms with Crippen molar-refractivity contribution in [1.82, 2.24) is 9.80 Å². The molecule has 0 aliphatic carbocycles. The van der Waals surface area contributed by atoms with E-state index in [1.165, 1.54) is 11.3 Å². The van der Waals surface area contributed by atoms with Crippen LogP contribution >= 0.6 is 11.3 Å². The van der Waals surface area contributed by atoms with Crippen molar-refractivity contribution < 1.29 is 19.2 Å². The molecule has 0 N–H and O–H groups in total. The van der Waals surface area contributed by atoms with Gasteiger partial charge in [-0.1, -0.05) is 13.8 Å². The minimum absolute atomic E-state index is 0.0538. The molecule has 0 atom stereocenters. The Morgan fingerprint density at radius 3 is 2.23 bits per heavy atom. The Labute approximate surface area is 132 Å². The molecule has 4 amide bonds. The molecule has 0 saturated carbocycles. The second-order valence-corrected chi connectivity index (χ2v) is 7.19. The first-order chi connectivity index (χ1) is 10.2. The van der Waals surface area contributed by atoms with Crippen LogP contribution in [0.15, 0.2) is 6.07 Å². The van der Waals surface area contributed by atoms with Crippen molar-refractivity contribution in [2.45, 2.75) is 27.7 Å². The largest absolute Gasteiger partial charge is 0.334 e. The molecule has 7 heteroatoms. The number of imide groups is 2. The van der Waals surface area contributed by atoms with Gasteiger partial charge in [0.1, 0.15) is 0 Å². The van der Waals surface area contributed by atoms with E-state index in [0.717, 1.165) is 19.6 Å². The number of ketones is 1. The first kappa shape index (κ1) is 16.4. The van der Waals surface area contributed by atoms with Crippen LogP contribution in [0.4, 0.5) is 4.79 Å². The monoisotopic (exact) mass is 322 g/mol. The van der Waals surface area contributed by atoms with E-state index in [2.05, 4.69) is 0 Å². The van der Waals surface area contributed by atoms with Crippen LogP contribution in [0.2, 0.25) is 0 Å². The molecule has 0 bridgehead atoms. The predicted octanol–water partition coefficient (Wildman–Crippen LogP) is 1.99. The molecule has 118 valence electrons. The quantitative estimate of drug-likeness (QED) is 0.472. The molecule has 0 spiro atoms. The zero-order valence-corrected chi connectivity index (χ0v) is 13.8. The average Bonchev–Trinajstić information content (AvgIpc) is 2.85. The molecule has 1 aliphatic rings. The van der Waals surface area contributed by atoms with E-state index in [0.29, 0.717) is 5.56 Å². The van der Waals surface area contributed by atoms with Crippen molar-refractivity contribution in [3.63, 3.8) is 0 Å². The summed E-state index contributed by atoms with van der Waals surface area (Å²) in [5.74, 6) is -2.06. The Bertz CT molecular complexity index is 662. The van der Waals surface area contributed by atoms with Crippen molar-refractivity contribution in [1.29, 1.82) is 0 Å². The number of urea groups is 1. The molecule has 0 unspecified atom stereocenters. The lowest BCUT2D eigenvalue weighted by atomic mass is 10.1. The summed E-state index contributed by atoms with van der Waals surface area (Å²) in [6, 6.07) is 1.03. The van der Waals surface area contributed by atoms with Gasteiger partial charge in [-0.2, -0.15) is 0 Å². The zero-order chi connectivity index (χ0) is 16.6. The molecule has 2 rings (SSSR count). The fourth-order valence-electron chi connectivity index (χ4n) is 2.35. The zero-order valence-electron chi connectivity index (χ0n) is 13.0. The van der Waals surface area contributed by atoms with Crippen molar-refractivity contribution in [2.24, 2.45) is 5.92 Å². The van der Waals surface area contributed by atoms with Crippen LogP contribution in [0, 0.1) is 19.8 Å². The molecule has 1 aliphatic heterocycles. The van der Waals surface area contributed by atoms with Crippen LogP contribution in [0.25, 0.3) is 0 Å². The molecular weight excluding hydrogens is 304 g/mol. The maximum absolute atomic E-state index is 12.3. The molecule has 1 aromatic heterocycles. The maximum atomic E-state index is 12.3. The highest BCUT2D eigenvalue weighted by atomic mass is 32.1. The molecule has 0 radical (unpaired) electrons. The second-order valence-electron chi connectivity index (χ2n) is 5.73. The van der Waals surface area contributed by atoms with Gasteiger partial charge in [0.2, 0.25) is 0 Å². The standard InChI is InChI=1S/C15H18N2O4S/c1-8(2)6-16-13(19)14(20)17(15(16)21)7-12(18)11-5-9(3)22-10(11)4/h5,8H,6-7H2,1-4H3. The van der Waals surface area contributed by atoms with Gasteiger partial charge in [-0.05, 0) is 25.8 Å². The SMILES string of the molecule is Cc1cc(C(=O)CN2C(=O)C(=O)N(CC(C)C)C2=O)c(C)s1. The number of aryl methyl sites for hydroxylation is 2. The van der Waals surface area contributed by atoms with Gasteiger partial charge in [0, 0.05) is 21.9 Å². The van der Waals surface area contributed by atoms with Gasteiger partial charge in [0.15, 0.2) is 5.78 Å². The number of hydrogen-bond donors (Lipinski definition) is 0. The number of rotatable bonds is 5. The lowest BCUT2D eigenvalue weighted by Gasteiger charge is -2.16. The molecular formula is C15H18N2O4S. The number of carbonyl (C=O) groups excluding carboxylic acids is 4. The highest BCUT2D eigenvalue weighted by molar-refractivity contribution is 7.12. The summed E-state index contributed by atoms with van der Waals surface area (Å²) in [6.07, 6.45) is 0. The number of amides is 4. The fourth-order valence-corrected chi connectivity index (χ4v) is 3.29. The van der Waals surface area contributed by atoms with Crippen LogP contribution in [-0.4, -0.2) is 46.5 Å². The smallest absolute Gasteiger partial charge is 0.292 e. The summed E-state index contributed by atoms with van der Waals surface area (Å²) in [5.41, 5.74) is 0.498. The van der Waals surface area contributed by atoms with Crippen molar-refractivity contribution >= 4 is 35.0 Å². The number of hydrogen-bond acceptors (Lipinski definition) is 5. The molecule has 6 nitrogen and oxygen atoms in total. The summed E-state index contributed by atoms with van der Waals surface area (Å²) >= 11 is 1.48. The van der Waals surface area contributed by atoms with Gasteiger partial charge in [-0.15, -0.1) is 11.3 Å². The second kappa shape index (κ2) is 6.00. The Hall–Kier alpha value is -2.02. The Kier molecular flexibility index (Phi) is 4.46. The third kappa shape index (κ3) is 2.94. The molecule has 0 aromatic carbocycles. The van der Waals surface area contributed by atoms with Gasteiger partial charge in [-0.3, -0.25) is 19.3 Å². The van der Waals surface area contributed by atoms with E-state index in [4.69, 9.17) is 0 Å². The molecule has 1 aromatic rings. The number of Topliss-reactive ketones (excluding diaryl/α,β-unsaturated/α-hetero) is 1. The fraction of sp³-hybridized carbons (Fsp3) is 0.467. The third-order valence-corrected chi connectivity index (χ3v) is 4.29. The van der Waals surface area contributed by atoms with Crippen LogP contribution in [0.3, 0.4) is 0 Å². The summed E-state index contributed by atoms with van der Waals surface area (Å²) in [7, 11) is 0. The third-order valence-electron chi connectivity index (χ3n) is 3.33. The van der Waals surface area contributed by atoms with E-state index in [9.17, 15) is 19.2 Å². The number of carbonyl (C=O) groups is 4. The first-order valence-electron chi connectivity index (χ1n) is 7.00. The van der Waals surface area contributed by atoms with Crippen LogP contribution in [0.1, 0.15) is 34.0 Å². The average molecular weight is 322 g/mol. The van der Waals surface area contributed by atoms with Crippen molar-refractivity contribution in [3.8, 4) is 0 Å². The minimum atomic E-state index is -0.927. The van der Waals surface area contributed by atoms with Crippen LogP contribution < -0.4 is 0 Å². The topological polar surface area (TPSA) is 74.8 Å². The minimum Gasteiger partial charge on any atom is -0.292 e. The Morgan fingerprint density at radius 1 is 1.14 bits per heavy atom. The van der Waals surface area contributed by atoms with E-state index in [-0.39, 0.29) is 18.2 Å². The normalized spacial score (nSPS) is 15.4. The summed E-state index contributed by atoms with van der Waals surface area (Å²) in [5, 5.41) is 0. The Balaban J connectivity index is 2.17. The molecule has 1 fully saturated rings. The highest BCUT2D eigenvalue weighted by Gasteiger charge is 2.45. The van der Waals surface area contributed by atoms with Gasteiger partial charge in [0.05, 0.1) is 6.54 Å². The van der Waals surface area contributed by atoms with Gasteiger partial charge in [0.25, 0.3) is 0 Å². The number of nitrogens with zero attached hydrogens (tertiary/aromatic N) is 2. The van der Waals surface area contributed by atoms with Crippen LogP contribution in [-0.2, 0) is 9.59 Å². The molecule has 22 heavy (non-hydrogen) atoms. The maximum Gasteiger partial charge on any atom is 0.334 e. The summed E-state index contributed by atoms with van der Waals surface area (Å²) in [4.78, 5) is 51.7. The van der Waals surface area contributed by atoms with Gasteiger partial charge in [-0.25, -0.2) is 9.69 Å².